The van der Waals surface area contributed by atoms with Gasteiger partial charge in [0.15, 0.2) is 11.5 Å². The molecule has 1 N–H and O–H groups in total. The second-order valence-electron chi connectivity index (χ2n) is 9.09. The second kappa shape index (κ2) is 9.55. The number of benzene rings is 2. The Labute approximate surface area is 189 Å². The summed E-state index contributed by atoms with van der Waals surface area (Å²) in [5.74, 6) is 1.06. The van der Waals surface area contributed by atoms with Gasteiger partial charge in [0.1, 0.15) is 11.6 Å². The minimum absolute atomic E-state index is 0.00310. The van der Waals surface area contributed by atoms with E-state index in [1.165, 1.54) is 0 Å². The second-order valence-corrected chi connectivity index (χ2v) is 9.09. The molecule has 2 heterocycles. The quantitative estimate of drug-likeness (QED) is 0.612. The van der Waals surface area contributed by atoms with E-state index in [0.29, 0.717) is 31.0 Å². The number of rotatable bonds is 6. The van der Waals surface area contributed by atoms with Gasteiger partial charge in [-0.1, -0.05) is 44.2 Å². The fraction of sp³-hybridized carbons (Fsp3) is 0.423. The topological polar surface area (TPSA) is 75.4 Å². The molecule has 1 unspecified atom stereocenters. The number of oxazole rings is 1. The van der Waals surface area contributed by atoms with Gasteiger partial charge < -0.3 is 14.6 Å². The Kier molecular flexibility index (Phi) is 6.58. The van der Waals surface area contributed by atoms with Gasteiger partial charge in [0.2, 0.25) is 5.91 Å². The van der Waals surface area contributed by atoms with E-state index in [0.717, 1.165) is 35.4 Å². The summed E-state index contributed by atoms with van der Waals surface area (Å²) >= 11 is 0. The van der Waals surface area contributed by atoms with Crippen molar-refractivity contribution in [2.24, 2.45) is 5.92 Å². The van der Waals surface area contributed by atoms with Crippen LogP contribution in [0.1, 0.15) is 60.8 Å². The molecule has 1 atom stereocenters. The number of carbonyl (C=O) groups is 2. The number of piperidine rings is 1. The number of likely N-dealkylation sites (tertiary alicyclic amines) is 1. The van der Waals surface area contributed by atoms with E-state index in [-0.39, 0.29) is 17.7 Å². The highest BCUT2D eigenvalue weighted by molar-refractivity contribution is 5.98. The molecule has 1 saturated heterocycles. The van der Waals surface area contributed by atoms with Crippen molar-refractivity contribution in [3.8, 4) is 0 Å². The third-order valence-electron chi connectivity index (χ3n) is 6.17. The summed E-state index contributed by atoms with van der Waals surface area (Å²) in [6.07, 6.45) is 2.22. The number of aryl methyl sites for hydroxylation is 1. The van der Waals surface area contributed by atoms with Crippen LogP contribution in [0.15, 0.2) is 52.9 Å². The van der Waals surface area contributed by atoms with Gasteiger partial charge in [-0.3, -0.25) is 9.59 Å². The van der Waals surface area contributed by atoms with Crippen molar-refractivity contribution >= 4 is 22.9 Å². The van der Waals surface area contributed by atoms with E-state index in [1.807, 2.05) is 54.3 Å². The molecule has 0 saturated carbocycles. The summed E-state index contributed by atoms with van der Waals surface area (Å²) in [4.78, 5) is 32.7. The maximum atomic E-state index is 13.3. The molecule has 2 amide bonds. The number of carbonyl (C=O) groups excluding carboxylic acids is 2. The summed E-state index contributed by atoms with van der Waals surface area (Å²) < 4.78 is 5.94. The zero-order valence-electron chi connectivity index (χ0n) is 19.0. The smallest absolute Gasteiger partial charge is 0.252 e. The molecule has 0 bridgehead atoms. The van der Waals surface area contributed by atoms with Crippen LogP contribution in [0.3, 0.4) is 0 Å². The highest BCUT2D eigenvalue weighted by Crippen LogP contribution is 2.30. The van der Waals surface area contributed by atoms with Crippen molar-refractivity contribution in [2.45, 2.75) is 52.0 Å². The number of aromatic nitrogens is 1. The first-order valence-corrected chi connectivity index (χ1v) is 11.4. The molecule has 1 aromatic heterocycles. The number of fused-ring (bicyclic) bond motifs is 1. The Morgan fingerprint density at radius 1 is 1.09 bits per heavy atom. The van der Waals surface area contributed by atoms with E-state index in [9.17, 15) is 9.59 Å². The number of hydrogen-bond acceptors (Lipinski definition) is 4. The highest BCUT2D eigenvalue weighted by Gasteiger charge is 2.32. The summed E-state index contributed by atoms with van der Waals surface area (Å²) in [5.41, 5.74) is 3.19. The fourth-order valence-corrected chi connectivity index (χ4v) is 4.39. The van der Waals surface area contributed by atoms with Crippen LogP contribution >= 0.6 is 0 Å². The van der Waals surface area contributed by atoms with E-state index in [1.54, 1.807) is 6.07 Å². The zero-order valence-corrected chi connectivity index (χ0v) is 19.0. The van der Waals surface area contributed by atoms with Crippen LogP contribution in [0.4, 0.5) is 0 Å². The van der Waals surface area contributed by atoms with Crippen molar-refractivity contribution in [1.29, 1.82) is 0 Å². The van der Waals surface area contributed by atoms with Crippen molar-refractivity contribution in [3.63, 3.8) is 0 Å². The van der Waals surface area contributed by atoms with E-state index in [4.69, 9.17) is 4.42 Å². The molecule has 1 aliphatic rings. The van der Waals surface area contributed by atoms with Crippen LogP contribution < -0.4 is 5.32 Å². The van der Waals surface area contributed by atoms with Crippen LogP contribution in [0.25, 0.3) is 11.1 Å². The minimum atomic E-state index is -0.525. The standard InChI is InChI=1S/C26H31N3O3/c1-17(2)16-22(27-24(30)20-9-5-4-8-18(20)3)26(31)29-14-12-19(13-15-29)25-28-21-10-6-7-11-23(21)32-25/h4-11,17,19,22H,12-16H2,1-3H3,(H,27,30). The number of hydrogen-bond donors (Lipinski definition) is 1. The summed E-state index contributed by atoms with van der Waals surface area (Å²) in [6, 6.07) is 14.7. The predicted octanol–water partition coefficient (Wildman–Crippen LogP) is 4.69. The Balaban J connectivity index is 1.41. The first kappa shape index (κ1) is 22.1. The van der Waals surface area contributed by atoms with Crippen LogP contribution in [0.2, 0.25) is 0 Å². The number of amides is 2. The van der Waals surface area contributed by atoms with Crippen molar-refractivity contribution in [1.82, 2.24) is 15.2 Å². The first-order valence-electron chi connectivity index (χ1n) is 11.4. The maximum absolute atomic E-state index is 13.3. The van der Waals surface area contributed by atoms with E-state index < -0.39 is 6.04 Å². The SMILES string of the molecule is Cc1ccccc1C(=O)NC(CC(C)C)C(=O)N1CCC(c2nc3ccccc3o2)CC1. The van der Waals surface area contributed by atoms with Crippen molar-refractivity contribution < 1.29 is 14.0 Å². The Morgan fingerprint density at radius 2 is 1.78 bits per heavy atom. The molecule has 0 aliphatic carbocycles. The fourth-order valence-electron chi connectivity index (χ4n) is 4.39. The molecule has 1 fully saturated rings. The molecule has 32 heavy (non-hydrogen) atoms. The highest BCUT2D eigenvalue weighted by atomic mass is 16.3. The van der Waals surface area contributed by atoms with Crippen molar-refractivity contribution in [2.75, 3.05) is 13.1 Å². The molecule has 168 valence electrons. The first-order chi connectivity index (χ1) is 15.4. The Bertz CT molecular complexity index is 1060. The van der Waals surface area contributed by atoms with Crippen LogP contribution in [0.5, 0.6) is 0 Å². The van der Waals surface area contributed by atoms with Crippen LogP contribution in [0, 0.1) is 12.8 Å². The molecular formula is C26H31N3O3. The summed E-state index contributed by atoms with van der Waals surface area (Å²) in [5, 5.41) is 3.00. The molecule has 6 nitrogen and oxygen atoms in total. The third-order valence-corrected chi connectivity index (χ3v) is 6.17. The third kappa shape index (κ3) is 4.85. The zero-order chi connectivity index (χ0) is 22.7. The van der Waals surface area contributed by atoms with Gasteiger partial charge in [-0.15, -0.1) is 0 Å². The lowest BCUT2D eigenvalue weighted by atomic mass is 9.95. The van der Waals surface area contributed by atoms with Crippen LogP contribution in [-0.4, -0.2) is 40.8 Å². The summed E-state index contributed by atoms with van der Waals surface area (Å²) in [7, 11) is 0. The van der Waals surface area contributed by atoms with E-state index in [2.05, 4.69) is 24.1 Å². The predicted molar refractivity (Wildman–Crippen MR) is 124 cm³/mol. The lowest BCUT2D eigenvalue weighted by Crippen LogP contribution is -2.51. The van der Waals surface area contributed by atoms with Gasteiger partial charge >= 0.3 is 0 Å². The van der Waals surface area contributed by atoms with E-state index >= 15 is 0 Å². The van der Waals surface area contributed by atoms with Gasteiger partial charge in [-0.2, -0.15) is 0 Å². The lowest BCUT2D eigenvalue weighted by molar-refractivity contribution is -0.134. The van der Waals surface area contributed by atoms with Gasteiger partial charge in [-0.25, -0.2) is 4.98 Å². The molecule has 0 radical (unpaired) electrons. The minimum Gasteiger partial charge on any atom is -0.440 e. The van der Waals surface area contributed by atoms with Gasteiger partial charge in [0, 0.05) is 24.6 Å². The average Bonchev–Trinajstić information content (AvgIpc) is 3.22. The lowest BCUT2D eigenvalue weighted by Gasteiger charge is -2.34. The Hall–Kier alpha value is -3.15. The molecule has 2 aromatic carbocycles. The number of nitrogens with zero attached hydrogens (tertiary/aromatic N) is 2. The normalized spacial score (nSPS) is 15.8. The average molecular weight is 434 g/mol. The largest absolute Gasteiger partial charge is 0.440 e. The molecule has 3 aromatic rings. The molecule has 6 heteroatoms. The van der Waals surface area contributed by atoms with Crippen LogP contribution in [-0.2, 0) is 4.79 Å². The monoisotopic (exact) mass is 433 g/mol. The molecular weight excluding hydrogens is 402 g/mol. The molecule has 0 spiro atoms. The number of nitrogens with one attached hydrogen (secondary N) is 1. The number of para-hydroxylation sites is 2. The van der Waals surface area contributed by atoms with Crippen molar-refractivity contribution in [3.05, 3.63) is 65.5 Å². The van der Waals surface area contributed by atoms with Gasteiger partial charge in [0.25, 0.3) is 5.91 Å². The summed E-state index contributed by atoms with van der Waals surface area (Å²) in [6.45, 7) is 7.32. The van der Waals surface area contributed by atoms with Gasteiger partial charge in [-0.05, 0) is 55.9 Å². The maximum Gasteiger partial charge on any atom is 0.252 e. The molecule has 4 rings (SSSR count). The molecule has 1 aliphatic heterocycles. The van der Waals surface area contributed by atoms with Gasteiger partial charge in [0.05, 0.1) is 0 Å². The Morgan fingerprint density at radius 3 is 2.47 bits per heavy atom.